The Morgan fingerprint density at radius 2 is 1.76 bits per heavy atom. The van der Waals surface area contributed by atoms with Gasteiger partial charge in [-0.3, -0.25) is 9.20 Å². The number of rotatable bonds is 11. The molecule has 2 heterocycles. The fourth-order valence-electron chi connectivity index (χ4n) is 3.67. The standard InChI is InChI=1S/C25H33N3O/c1-3-4-5-6-7-11-14-24(29)27-25-22(16-15-21-12-9-8-10-13-21)26-23-19-20(2)17-18-28(23)25/h8-10,12-13,17-19H,3-7,11,14-16H2,1-2H3,(H,27,29). The van der Waals surface area contributed by atoms with Crippen LogP contribution < -0.4 is 5.32 Å². The summed E-state index contributed by atoms with van der Waals surface area (Å²) in [6.07, 6.45) is 11.4. The summed E-state index contributed by atoms with van der Waals surface area (Å²) in [5, 5.41) is 3.15. The first-order chi connectivity index (χ1) is 14.2. The molecule has 0 bridgehead atoms. The topological polar surface area (TPSA) is 46.4 Å². The van der Waals surface area contributed by atoms with E-state index in [0.29, 0.717) is 6.42 Å². The Kier molecular flexibility index (Phi) is 7.85. The average molecular weight is 392 g/mol. The largest absolute Gasteiger partial charge is 0.310 e. The number of aryl methyl sites for hydroxylation is 3. The number of nitrogens with zero attached hydrogens (tertiary/aromatic N) is 2. The van der Waals surface area contributed by atoms with Crippen LogP contribution in [0.5, 0.6) is 0 Å². The summed E-state index contributed by atoms with van der Waals surface area (Å²) in [5.74, 6) is 0.913. The SMILES string of the molecule is CCCCCCCCC(=O)Nc1c(CCc2ccccc2)nc2cc(C)ccn12. The predicted molar refractivity (Wildman–Crippen MR) is 120 cm³/mol. The minimum absolute atomic E-state index is 0.0869. The molecule has 1 amide bonds. The van der Waals surface area contributed by atoms with E-state index in [1.165, 1.54) is 36.8 Å². The van der Waals surface area contributed by atoms with Gasteiger partial charge in [0.25, 0.3) is 0 Å². The molecular formula is C25H33N3O. The van der Waals surface area contributed by atoms with Crippen LogP contribution in [0.15, 0.2) is 48.7 Å². The summed E-state index contributed by atoms with van der Waals surface area (Å²) < 4.78 is 2.01. The molecule has 0 atom stereocenters. The first-order valence-electron chi connectivity index (χ1n) is 11.0. The molecule has 0 aliphatic rings. The Labute approximate surface area is 174 Å². The van der Waals surface area contributed by atoms with Crippen molar-refractivity contribution in [1.82, 2.24) is 9.38 Å². The second-order valence-electron chi connectivity index (χ2n) is 7.89. The highest BCUT2D eigenvalue weighted by atomic mass is 16.1. The Bertz CT molecular complexity index is 914. The van der Waals surface area contributed by atoms with E-state index in [2.05, 4.69) is 55.6 Å². The van der Waals surface area contributed by atoms with Crippen molar-refractivity contribution in [2.24, 2.45) is 0 Å². The van der Waals surface area contributed by atoms with Gasteiger partial charge >= 0.3 is 0 Å². The van der Waals surface area contributed by atoms with Crippen LogP contribution in [0, 0.1) is 6.92 Å². The number of pyridine rings is 1. The monoisotopic (exact) mass is 391 g/mol. The van der Waals surface area contributed by atoms with Gasteiger partial charge in [-0.2, -0.15) is 0 Å². The number of unbranched alkanes of at least 4 members (excludes halogenated alkanes) is 5. The molecule has 2 aromatic heterocycles. The van der Waals surface area contributed by atoms with E-state index < -0.39 is 0 Å². The van der Waals surface area contributed by atoms with Gasteiger partial charge in [-0.05, 0) is 49.4 Å². The lowest BCUT2D eigenvalue weighted by atomic mass is 10.1. The molecule has 154 valence electrons. The molecule has 4 heteroatoms. The number of fused-ring (bicyclic) bond motifs is 1. The quantitative estimate of drug-likeness (QED) is 0.400. The van der Waals surface area contributed by atoms with Gasteiger partial charge in [-0.1, -0.05) is 69.4 Å². The molecule has 0 saturated carbocycles. The molecule has 1 aromatic carbocycles. The second-order valence-corrected chi connectivity index (χ2v) is 7.89. The third-order valence-corrected chi connectivity index (χ3v) is 5.36. The van der Waals surface area contributed by atoms with Crippen molar-refractivity contribution in [3.05, 3.63) is 65.5 Å². The first-order valence-corrected chi connectivity index (χ1v) is 11.0. The predicted octanol–water partition coefficient (Wildman–Crippen LogP) is 6.12. The minimum Gasteiger partial charge on any atom is -0.310 e. The highest BCUT2D eigenvalue weighted by molar-refractivity contribution is 5.91. The number of anilines is 1. The number of carbonyl (C=O) groups is 1. The van der Waals surface area contributed by atoms with E-state index in [1.54, 1.807) is 0 Å². The van der Waals surface area contributed by atoms with Gasteiger partial charge in [-0.25, -0.2) is 4.98 Å². The summed E-state index contributed by atoms with van der Waals surface area (Å²) in [5.41, 5.74) is 4.30. The van der Waals surface area contributed by atoms with Crippen LogP contribution in [0.25, 0.3) is 5.65 Å². The Morgan fingerprint density at radius 1 is 1.00 bits per heavy atom. The van der Waals surface area contributed by atoms with Crippen molar-refractivity contribution < 1.29 is 4.79 Å². The van der Waals surface area contributed by atoms with E-state index in [-0.39, 0.29) is 5.91 Å². The van der Waals surface area contributed by atoms with Crippen LogP contribution in [-0.4, -0.2) is 15.3 Å². The maximum atomic E-state index is 12.6. The number of benzene rings is 1. The molecule has 3 rings (SSSR count). The van der Waals surface area contributed by atoms with Crippen molar-refractivity contribution in [3.8, 4) is 0 Å². The number of aromatic nitrogens is 2. The van der Waals surface area contributed by atoms with Crippen LogP contribution in [0.4, 0.5) is 5.82 Å². The highest BCUT2D eigenvalue weighted by Gasteiger charge is 2.15. The number of amides is 1. The average Bonchev–Trinajstić information content (AvgIpc) is 3.06. The zero-order valence-electron chi connectivity index (χ0n) is 17.8. The van der Waals surface area contributed by atoms with Gasteiger partial charge in [0.05, 0.1) is 5.69 Å². The second kappa shape index (κ2) is 10.8. The Morgan fingerprint density at radius 3 is 2.55 bits per heavy atom. The lowest BCUT2D eigenvalue weighted by Gasteiger charge is -2.08. The molecule has 3 aromatic rings. The summed E-state index contributed by atoms with van der Waals surface area (Å²) >= 11 is 0. The van der Waals surface area contributed by atoms with Gasteiger partial charge in [0.2, 0.25) is 5.91 Å². The molecule has 4 nitrogen and oxygen atoms in total. The number of carbonyl (C=O) groups excluding carboxylic acids is 1. The molecule has 0 radical (unpaired) electrons. The number of hydrogen-bond donors (Lipinski definition) is 1. The smallest absolute Gasteiger partial charge is 0.225 e. The zero-order chi connectivity index (χ0) is 20.5. The lowest BCUT2D eigenvalue weighted by molar-refractivity contribution is -0.116. The van der Waals surface area contributed by atoms with Crippen LogP contribution in [0.3, 0.4) is 0 Å². The van der Waals surface area contributed by atoms with Crippen molar-refractivity contribution in [2.45, 2.75) is 71.6 Å². The minimum atomic E-state index is 0.0869. The molecule has 1 N–H and O–H groups in total. The molecule has 29 heavy (non-hydrogen) atoms. The molecule has 0 fully saturated rings. The van der Waals surface area contributed by atoms with E-state index in [4.69, 9.17) is 4.98 Å². The number of nitrogens with one attached hydrogen (secondary N) is 1. The van der Waals surface area contributed by atoms with Gasteiger partial charge in [-0.15, -0.1) is 0 Å². The highest BCUT2D eigenvalue weighted by Crippen LogP contribution is 2.22. The number of imidazole rings is 1. The van der Waals surface area contributed by atoms with Crippen LogP contribution in [-0.2, 0) is 17.6 Å². The third-order valence-electron chi connectivity index (χ3n) is 5.36. The van der Waals surface area contributed by atoms with Gasteiger partial charge in [0.15, 0.2) is 0 Å². The maximum absolute atomic E-state index is 12.6. The van der Waals surface area contributed by atoms with Crippen molar-refractivity contribution in [3.63, 3.8) is 0 Å². The zero-order valence-corrected chi connectivity index (χ0v) is 17.8. The molecule has 0 saturated heterocycles. The lowest BCUT2D eigenvalue weighted by Crippen LogP contribution is -2.14. The Balaban J connectivity index is 1.67. The van der Waals surface area contributed by atoms with Gasteiger partial charge in [0.1, 0.15) is 11.5 Å². The van der Waals surface area contributed by atoms with Crippen molar-refractivity contribution in [2.75, 3.05) is 5.32 Å². The van der Waals surface area contributed by atoms with E-state index in [1.807, 2.05) is 16.7 Å². The number of hydrogen-bond acceptors (Lipinski definition) is 2. The van der Waals surface area contributed by atoms with Crippen LogP contribution in [0.2, 0.25) is 0 Å². The fourth-order valence-corrected chi connectivity index (χ4v) is 3.67. The third kappa shape index (κ3) is 6.18. The molecular weight excluding hydrogens is 358 g/mol. The molecule has 0 aliphatic heterocycles. The van der Waals surface area contributed by atoms with Crippen molar-refractivity contribution >= 4 is 17.4 Å². The van der Waals surface area contributed by atoms with Gasteiger partial charge < -0.3 is 5.32 Å². The van der Waals surface area contributed by atoms with Gasteiger partial charge in [0, 0.05) is 12.6 Å². The van der Waals surface area contributed by atoms with E-state index in [0.717, 1.165) is 42.8 Å². The summed E-state index contributed by atoms with van der Waals surface area (Å²) in [6.45, 7) is 4.29. The Hall–Kier alpha value is -2.62. The first kappa shape index (κ1) is 21.1. The maximum Gasteiger partial charge on any atom is 0.225 e. The molecule has 0 aliphatic carbocycles. The summed E-state index contributed by atoms with van der Waals surface area (Å²) in [7, 11) is 0. The van der Waals surface area contributed by atoms with Crippen molar-refractivity contribution in [1.29, 1.82) is 0 Å². The molecule has 0 spiro atoms. The summed E-state index contributed by atoms with van der Waals surface area (Å²) in [4.78, 5) is 17.4. The van der Waals surface area contributed by atoms with Crippen LogP contribution >= 0.6 is 0 Å². The molecule has 0 unspecified atom stereocenters. The van der Waals surface area contributed by atoms with E-state index in [9.17, 15) is 4.79 Å². The van der Waals surface area contributed by atoms with Crippen LogP contribution in [0.1, 0.15) is 68.7 Å². The fraction of sp³-hybridized carbons (Fsp3) is 0.440. The van der Waals surface area contributed by atoms with E-state index >= 15 is 0 Å². The summed E-state index contributed by atoms with van der Waals surface area (Å²) in [6, 6.07) is 14.5. The normalized spacial score (nSPS) is 11.1.